The topological polar surface area (TPSA) is 73.2 Å². The summed E-state index contributed by atoms with van der Waals surface area (Å²) in [7, 11) is 0. The first-order valence-electron chi connectivity index (χ1n) is 9.16. The molecule has 1 aromatic heterocycles. The smallest absolute Gasteiger partial charge is 0.434 e. The highest BCUT2D eigenvalue weighted by Gasteiger charge is 2.41. The molecule has 0 aliphatic carbocycles. The number of nitrogens with zero attached hydrogens (tertiary/aromatic N) is 2. The van der Waals surface area contributed by atoms with Crippen molar-refractivity contribution in [3.05, 3.63) is 82.9 Å². The number of hydrogen-bond acceptors (Lipinski definition) is 4. The molecule has 0 aliphatic heterocycles. The highest BCUT2D eigenvalue weighted by atomic mass is 19.4. The summed E-state index contributed by atoms with van der Waals surface area (Å²) in [6, 6.07) is 10.9. The van der Waals surface area contributed by atoms with Crippen molar-refractivity contribution in [1.29, 1.82) is 0 Å². The minimum absolute atomic E-state index is 0.00422. The molecule has 3 aromatic rings. The number of benzene rings is 2. The Bertz CT molecular complexity index is 1090. The predicted octanol–water partition coefficient (Wildman–Crippen LogP) is 4.14. The fourth-order valence-corrected chi connectivity index (χ4v) is 2.86. The van der Waals surface area contributed by atoms with E-state index in [9.17, 15) is 27.2 Å². The zero-order valence-electron chi connectivity index (χ0n) is 16.2. The Labute approximate surface area is 174 Å². The lowest BCUT2D eigenvalue weighted by Crippen LogP contribution is -2.23. The van der Waals surface area contributed by atoms with Gasteiger partial charge in [-0.25, -0.2) is 13.9 Å². The van der Waals surface area contributed by atoms with Crippen LogP contribution in [-0.4, -0.2) is 28.3 Å². The van der Waals surface area contributed by atoms with Gasteiger partial charge < -0.3 is 10.1 Å². The minimum Gasteiger partial charge on any atom is -0.462 e. The van der Waals surface area contributed by atoms with Crippen molar-refractivity contribution >= 4 is 11.9 Å². The van der Waals surface area contributed by atoms with Gasteiger partial charge in [-0.1, -0.05) is 12.1 Å². The lowest BCUT2D eigenvalue weighted by molar-refractivity contribution is -0.143. The monoisotopic (exact) mass is 435 g/mol. The average Bonchev–Trinajstić information content (AvgIpc) is 3.18. The number of amides is 1. The number of halogens is 4. The van der Waals surface area contributed by atoms with E-state index < -0.39 is 35.1 Å². The molecule has 1 N–H and O–H groups in total. The molecule has 162 valence electrons. The fourth-order valence-electron chi connectivity index (χ4n) is 2.86. The van der Waals surface area contributed by atoms with Crippen LogP contribution in [0, 0.1) is 5.82 Å². The molecule has 0 aliphatic rings. The first-order valence-corrected chi connectivity index (χ1v) is 9.16. The quantitative estimate of drug-likeness (QED) is 0.467. The number of carbonyl (C=O) groups is 2. The van der Waals surface area contributed by atoms with Crippen molar-refractivity contribution in [1.82, 2.24) is 15.1 Å². The third kappa shape index (κ3) is 5.08. The van der Waals surface area contributed by atoms with Crippen LogP contribution in [0.15, 0.2) is 54.7 Å². The molecule has 0 atom stereocenters. The van der Waals surface area contributed by atoms with Gasteiger partial charge in [0.25, 0.3) is 5.91 Å². The molecule has 0 radical (unpaired) electrons. The van der Waals surface area contributed by atoms with Gasteiger partial charge in [-0.2, -0.15) is 18.3 Å². The Morgan fingerprint density at radius 1 is 1.13 bits per heavy atom. The van der Waals surface area contributed by atoms with Crippen molar-refractivity contribution in [2.45, 2.75) is 19.6 Å². The first-order chi connectivity index (χ1) is 14.7. The summed E-state index contributed by atoms with van der Waals surface area (Å²) in [5, 5.41) is 6.28. The largest absolute Gasteiger partial charge is 0.462 e. The van der Waals surface area contributed by atoms with Gasteiger partial charge in [-0.3, -0.25) is 4.79 Å². The third-order valence-electron chi connectivity index (χ3n) is 4.25. The summed E-state index contributed by atoms with van der Waals surface area (Å²) in [6.45, 7) is 1.48. The van der Waals surface area contributed by atoms with Gasteiger partial charge in [0.05, 0.1) is 18.5 Å². The van der Waals surface area contributed by atoms with E-state index in [1.54, 1.807) is 6.07 Å². The van der Waals surface area contributed by atoms with Crippen molar-refractivity contribution in [3.8, 4) is 5.69 Å². The van der Waals surface area contributed by atoms with E-state index in [4.69, 9.17) is 0 Å². The number of ether oxygens (including phenoxy) is 1. The normalized spacial score (nSPS) is 11.3. The molecule has 0 spiro atoms. The molecule has 1 amide bonds. The summed E-state index contributed by atoms with van der Waals surface area (Å²) in [4.78, 5) is 24.1. The molecular weight excluding hydrogens is 418 g/mol. The van der Waals surface area contributed by atoms with E-state index in [2.05, 4.69) is 15.2 Å². The van der Waals surface area contributed by atoms with Crippen LogP contribution >= 0.6 is 0 Å². The van der Waals surface area contributed by atoms with Gasteiger partial charge >= 0.3 is 12.1 Å². The Morgan fingerprint density at radius 2 is 1.84 bits per heavy atom. The molecule has 10 heteroatoms. The van der Waals surface area contributed by atoms with E-state index >= 15 is 0 Å². The van der Waals surface area contributed by atoms with Crippen molar-refractivity contribution < 1.29 is 31.9 Å². The van der Waals surface area contributed by atoms with Crippen LogP contribution in [0.1, 0.15) is 38.9 Å². The number of nitrogens with one attached hydrogen (secondary N) is 1. The van der Waals surface area contributed by atoms with Crippen LogP contribution in [-0.2, 0) is 17.5 Å². The maximum absolute atomic E-state index is 13.6. The maximum Gasteiger partial charge on any atom is 0.434 e. The van der Waals surface area contributed by atoms with Crippen molar-refractivity contribution in [3.63, 3.8) is 0 Å². The predicted molar refractivity (Wildman–Crippen MR) is 102 cm³/mol. The summed E-state index contributed by atoms with van der Waals surface area (Å²) < 4.78 is 59.1. The second-order valence-corrected chi connectivity index (χ2v) is 6.40. The van der Waals surface area contributed by atoms with Crippen LogP contribution < -0.4 is 5.32 Å². The summed E-state index contributed by atoms with van der Waals surface area (Å²) in [6.07, 6.45) is -4.07. The zero-order chi connectivity index (χ0) is 22.6. The molecule has 1 heterocycles. The second kappa shape index (κ2) is 8.99. The number of esters is 1. The lowest BCUT2D eigenvalue weighted by atomic mass is 10.1. The highest BCUT2D eigenvalue weighted by Crippen LogP contribution is 2.34. The van der Waals surface area contributed by atoms with E-state index in [-0.39, 0.29) is 24.4 Å². The zero-order valence-corrected chi connectivity index (χ0v) is 16.2. The van der Waals surface area contributed by atoms with Gasteiger partial charge in [-0.15, -0.1) is 0 Å². The Morgan fingerprint density at radius 3 is 2.45 bits per heavy atom. The minimum atomic E-state index is -4.86. The molecule has 0 bridgehead atoms. The highest BCUT2D eigenvalue weighted by molar-refractivity contribution is 5.94. The van der Waals surface area contributed by atoms with E-state index in [1.165, 1.54) is 49.4 Å². The number of alkyl halides is 3. The van der Waals surface area contributed by atoms with E-state index in [0.717, 1.165) is 6.20 Å². The first kappa shape index (κ1) is 22.0. The number of rotatable bonds is 6. The molecule has 6 nitrogen and oxygen atoms in total. The third-order valence-corrected chi connectivity index (χ3v) is 4.25. The summed E-state index contributed by atoms with van der Waals surface area (Å²) >= 11 is 0. The molecular formula is C21H17F4N3O3. The molecule has 0 unspecified atom stereocenters. The van der Waals surface area contributed by atoms with Crippen LogP contribution in [0.4, 0.5) is 17.6 Å². The van der Waals surface area contributed by atoms with Crippen LogP contribution in [0.5, 0.6) is 0 Å². The Hall–Kier alpha value is -3.69. The standard InChI is InChI=1S/C21H17F4N3O3/c1-2-31-20(30)17-12-27-28(18(17)21(23,24)25)16-8-6-14(7-9-16)19(29)26-11-13-4-3-5-15(22)10-13/h3-10,12H,2,11H2,1H3,(H,26,29). The second-order valence-electron chi connectivity index (χ2n) is 6.40. The summed E-state index contributed by atoms with van der Waals surface area (Å²) in [5.74, 6) is -2.05. The van der Waals surface area contributed by atoms with Crippen molar-refractivity contribution in [2.75, 3.05) is 6.61 Å². The van der Waals surface area contributed by atoms with Gasteiger partial charge in [0.1, 0.15) is 11.4 Å². The molecule has 0 saturated heterocycles. The van der Waals surface area contributed by atoms with Crippen LogP contribution in [0.25, 0.3) is 5.69 Å². The number of hydrogen-bond donors (Lipinski definition) is 1. The SMILES string of the molecule is CCOC(=O)c1cnn(-c2ccc(C(=O)NCc3cccc(F)c3)cc2)c1C(F)(F)F. The number of aromatic nitrogens is 2. The van der Waals surface area contributed by atoms with Crippen molar-refractivity contribution in [2.24, 2.45) is 0 Å². The average molecular weight is 435 g/mol. The maximum atomic E-state index is 13.6. The molecule has 2 aromatic carbocycles. The van der Waals surface area contributed by atoms with Crippen LogP contribution in [0.2, 0.25) is 0 Å². The Kier molecular flexibility index (Phi) is 6.38. The van der Waals surface area contributed by atoms with E-state index in [1.807, 2.05) is 0 Å². The molecule has 31 heavy (non-hydrogen) atoms. The number of carbonyl (C=O) groups excluding carboxylic acids is 2. The molecule has 3 rings (SSSR count). The van der Waals surface area contributed by atoms with Crippen LogP contribution in [0.3, 0.4) is 0 Å². The van der Waals surface area contributed by atoms with Gasteiger partial charge in [0, 0.05) is 12.1 Å². The molecule has 0 fully saturated rings. The van der Waals surface area contributed by atoms with E-state index in [0.29, 0.717) is 10.2 Å². The summed E-state index contributed by atoms with van der Waals surface area (Å²) in [5.41, 5.74) is -1.22. The lowest BCUT2D eigenvalue weighted by Gasteiger charge is -2.13. The fraction of sp³-hybridized carbons (Fsp3) is 0.190. The molecule has 0 saturated carbocycles. The van der Waals surface area contributed by atoms with Gasteiger partial charge in [0.15, 0.2) is 5.69 Å². The Balaban J connectivity index is 1.81. The van der Waals surface area contributed by atoms with Gasteiger partial charge in [-0.05, 0) is 48.9 Å². The van der Waals surface area contributed by atoms with Gasteiger partial charge in [0.2, 0.25) is 0 Å².